The molecular weight excluding hydrogens is 372 g/mol. The summed E-state index contributed by atoms with van der Waals surface area (Å²) in [5, 5.41) is 14.1. The summed E-state index contributed by atoms with van der Waals surface area (Å²) in [5.74, 6) is 4.60. The maximum Gasteiger partial charge on any atom is 0.251 e. The molecule has 0 aliphatic heterocycles. The van der Waals surface area contributed by atoms with Crippen LogP contribution in [0.25, 0.3) is 0 Å². The first-order valence-corrected chi connectivity index (χ1v) is 8.84. The number of hydrogen-bond donors (Lipinski definition) is 5. The van der Waals surface area contributed by atoms with Crippen LogP contribution in [0.2, 0.25) is 0 Å². The molecule has 0 unspecified atom stereocenters. The number of amides is 2. The second kappa shape index (κ2) is 10.7. The molecule has 2 rings (SSSR count). The van der Waals surface area contributed by atoms with Gasteiger partial charge < -0.3 is 27.2 Å². The molecule has 0 radical (unpaired) electrons. The molecule has 2 aromatic carbocycles. The number of rotatable bonds is 7. The van der Waals surface area contributed by atoms with Gasteiger partial charge in [0.15, 0.2) is 5.78 Å². The van der Waals surface area contributed by atoms with Gasteiger partial charge in [-0.1, -0.05) is 24.0 Å². The third-order valence-corrected chi connectivity index (χ3v) is 3.96. The Balaban J connectivity index is 2.12. The Bertz CT molecular complexity index is 945. The Morgan fingerprint density at radius 1 is 1.00 bits per heavy atom. The highest BCUT2D eigenvalue weighted by atomic mass is 16.3. The molecule has 0 saturated heterocycles. The van der Waals surface area contributed by atoms with Crippen LogP contribution in [-0.4, -0.2) is 48.4 Å². The van der Waals surface area contributed by atoms with E-state index in [2.05, 4.69) is 22.5 Å². The highest BCUT2D eigenvalue weighted by Crippen LogP contribution is 2.14. The zero-order chi connectivity index (χ0) is 21.2. The Labute approximate surface area is 168 Å². The molecule has 0 heterocycles. The van der Waals surface area contributed by atoms with E-state index in [-0.39, 0.29) is 19.0 Å². The minimum Gasteiger partial charge on any atom is -0.388 e. The van der Waals surface area contributed by atoms with Gasteiger partial charge in [-0.05, 0) is 36.4 Å². The summed E-state index contributed by atoms with van der Waals surface area (Å²) < 4.78 is 0. The van der Waals surface area contributed by atoms with Crippen molar-refractivity contribution in [3.05, 3.63) is 65.2 Å². The van der Waals surface area contributed by atoms with Crippen LogP contribution in [0, 0.1) is 11.8 Å². The van der Waals surface area contributed by atoms with Crippen molar-refractivity contribution < 1.29 is 19.5 Å². The van der Waals surface area contributed by atoms with Gasteiger partial charge in [0.25, 0.3) is 5.91 Å². The summed E-state index contributed by atoms with van der Waals surface area (Å²) in [6.45, 7) is -0.918. The van der Waals surface area contributed by atoms with E-state index in [0.29, 0.717) is 22.4 Å². The summed E-state index contributed by atoms with van der Waals surface area (Å²) in [4.78, 5) is 35.2. The lowest BCUT2D eigenvalue weighted by Gasteiger charge is -2.14. The van der Waals surface area contributed by atoms with Crippen molar-refractivity contribution in [3.63, 3.8) is 0 Å². The van der Waals surface area contributed by atoms with Gasteiger partial charge in [0.05, 0.1) is 12.2 Å². The summed E-state index contributed by atoms with van der Waals surface area (Å²) in [6.07, 6.45) is 0. The average molecular weight is 394 g/mol. The van der Waals surface area contributed by atoms with Crippen LogP contribution in [0.5, 0.6) is 0 Å². The molecule has 8 heteroatoms. The van der Waals surface area contributed by atoms with Gasteiger partial charge in [-0.3, -0.25) is 14.4 Å². The number of nitrogens with two attached hydrogens (primary N) is 2. The van der Waals surface area contributed by atoms with E-state index in [1.807, 2.05) is 0 Å². The zero-order valence-electron chi connectivity index (χ0n) is 15.6. The number of ketones is 1. The van der Waals surface area contributed by atoms with Crippen LogP contribution in [0.15, 0.2) is 48.5 Å². The van der Waals surface area contributed by atoms with Gasteiger partial charge >= 0.3 is 0 Å². The molecule has 0 spiro atoms. The zero-order valence-corrected chi connectivity index (χ0v) is 15.6. The number of hydrogen-bond acceptors (Lipinski definition) is 6. The summed E-state index contributed by atoms with van der Waals surface area (Å²) in [5.41, 5.74) is 12.9. The van der Waals surface area contributed by atoms with Crippen molar-refractivity contribution in [2.24, 2.45) is 11.5 Å². The van der Waals surface area contributed by atoms with Crippen LogP contribution in [0.4, 0.5) is 5.69 Å². The number of para-hydroxylation sites is 1. The van der Waals surface area contributed by atoms with Gasteiger partial charge in [-0.2, -0.15) is 0 Å². The fourth-order valence-electron chi connectivity index (χ4n) is 2.37. The highest BCUT2D eigenvalue weighted by molar-refractivity contribution is 5.98. The molecule has 2 amide bonds. The molecule has 1 atom stereocenters. The fourth-order valence-corrected chi connectivity index (χ4v) is 2.37. The number of carbonyl (C=O) groups excluding carboxylic acids is 3. The molecule has 29 heavy (non-hydrogen) atoms. The lowest BCUT2D eigenvalue weighted by molar-refractivity contribution is -0.123. The summed E-state index contributed by atoms with van der Waals surface area (Å²) in [7, 11) is 0. The standard InChI is InChI=1S/C21H22N4O4/c22-11-18(19(27)13-26)25-21(29)16-9-6-14(7-10-16)5-8-15-3-1-2-4-17(15)24-20(28)12-23/h1-4,6-7,9-10,18,26H,11-13,22-23H2,(H,24,28)(H,25,29)/t18-/m0/s1. The number of benzene rings is 2. The van der Waals surface area contributed by atoms with E-state index >= 15 is 0 Å². The lowest BCUT2D eigenvalue weighted by atomic mass is 10.1. The molecule has 7 N–H and O–H groups in total. The van der Waals surface area contributed by atoms with E-state index in [0.717, 1.165) is 0 Å². The normalized spacial score (nSPS) is 11.0. The smallest absolute Gasteiger partial charge is 0.251 e. The first-order chi connectivity index (χ1) is 14.0. The maximum absolute atomic E-state index is 12.2. The van der Waals surface area contributed by atoms with Gasteiger partial charge in [0.2, 0.25) is 5.91 Å². The minimum absolute atomic E-state index is 0.102. The number of aliphatic hydroxyl groups is 1. The van der Waals surface area contributed by atoms with E-state index < -0.39 is 24.3 Å². The second-order valence-electron chi connectivity index (χ2n) is 6.01. The molecule has 0 bridgehead atoms. The molecule has 0 fully saturated rings. The van der Waals surface area contributed by atoms with E-state index in [1.165, 1.54) is 0 Å². The summed E-state index contributed by atoms with van der Waals surface area (Å²) in [6, 6.07) is 12.6. The van der Waals surface area contributed by atoms with Crippen LogP contribution in [0.1, 0.15) is 21.5 Å². The van der Waals surface area contributed by atoms with Crippen molar-refractivity contribution in [3.8, 4) is 11.8 Å². The van der Waals surface area contributed by atoms with Crippen LogP contribution >= 0.6 is 0 Å². The minimum atomic E-state index is -0.938. The Morgan fingerprint density at radius 3 is 2.31 bits per heavy atom. The number of nitrogens with one attached hydrogen (secondary N) is 2. The average Bonchev–Trinajstić information content (AvgIpc) is 2.76. The molecular formula is C21H22N4O4. The fraction of sp³-hybridized carbons (Fsp3) is 0.190. The Morgan fingerprint density at radius 2 is 1.69 bits per heavy atom. The second-order valence-corrected chi connectivity index (χ2v) is 6.01. The molecule has 8 nitrogen and oxygen atoms in total. The predicted octanol–water partition coefficient (Wildman–Crippen LogP) is -0.398. The largest absolute Gasteiger partial charge is 0.388 e. The van der Waals surface area contributed by atoms with Gasteiger partial charge in [0, 0.05) is 23.2 Å². The van der Waals surface area contributed by atoms with Crippen molar-refractivity contribution >= 4 is 23.3 Å². The van der Waals surface area contributed by atoms with Crippen LogP contribution in [-0.2, 0) is 9.59 Å². The van der Waals surface area contributed by atoms with Gasteiger partial charge in [0.1, 0.15) is 12.6 Å². The van der Waals surface area contributed by atoms with Crippen LogP contribution < -0.4 is 22.1 Å². The predicted molar refractivity (Wildman–Crippen MR) is 109 cm³/mol. The van der Waals surface area contributed by atoms with Gasteiger partial charge in [-0.25, -0.2) is 0 Å². The Kier molecular flexibility index (Phi) is 8.06. The molecule has 2 aromatic rings. The lowest BCUT2D eigenvalue weighted by Crippen LogP contribution is -2.46. The first kappa shape index (κ1) is 21.8. The monoisotopic (exact) mass is 394 g/mol. The Hall–Kier alpha value is -3.51. The van der Waals surface area contributed by atoms with Crippen molar-refractivity contribution in [1.29, 1.82) is 0 Å². The maximum atomic E-state index is 12.2. The highest BCUT2D eigenvalue weighted by Gasteiger charge is 2.18. The molecule has 0 saturated carbocycles. The number of anilines is 1. The molecule has 0 aliphatic rings. The SMILES string of the molecule is NCC(=O)Nc1ccccc1C#Cc1ccc(C(=O)N[C@@H](CN)C(=O)CO)cc1. The number of aliphatic hydroxyl groups excluding tert-OH is 1. The van der Waals surface area contributed by atoms with Crippen molar-refractivity contribution in [2.45, 2.75) is 6.04 Å². The van der Waals surface area contributed by atoms with Crippen molar-refractivity contribution in [2.75, 3.05) is 25.0 Å². The quantitative estimate of drug-likeness (QED) is 0.404. The molecule has 0 aromatic heterocycles. The number of Topliss-reactive ketones (excluding diaryl/α,β-unsaturated/α-hetero) is 1. The van der Waals surface area contributed by atoms with E-state index in [9.17, 15) is 14.4 Å². The van der Waals surface area contributed by atoms with E-state index in [1.54, 1.807) is 48.5 Å². The third kappa shape index (κ3) is 6.26. The van der Waals surface area contributed by atoms with Crippen LogP contribution in [0.3, 0.4) is 0 Å². The molecule has 150 valence electrons. The first-order valence-electron chi connectivity index (χ1n) is 8.84. The third-order valence-electron chi connectivity index (χ3n) is 3.96. The van der Waals surface area contributed by atoms with Crippen molar-refractivity contribution in [1.82, 2.24) is 5.32 Å². The van der Waals surface area contributed by atoms with Gasteiger partial charge in [-0.15, -0.1) is 0 Å². The topological polar surface area (TPSA) is 148 Å². The van der Waals surface area contributed by atoms with E-state index in [4.69, 9.17) is 16.6 Å². The molecule has 0 aliphatic carbocycles. The number of carbonyl (C=O) groups is 3. The summed E-state index contributed by atoms with van der Waals surface area (Å²) >= 11 is 0.